The first kappa shape index (κ1) is 17.2. The van der Waals surface area contributed by atoms with E-state index in [1.165, 1.54) is 0 Å². The Morgan fingerprint density at radius 3 is 2.33 bits per heavy atom. The lowest BCUT2D eigenvalue weighted by Gasteiger charge is -2.18. The Morgan fingerprint density at radius 1 is 1.33 bits per heavy atom. The molecular weight excluding hydrogens is 271 g/mol. The average Bonchev–Trinajstić information content (AvgIpc) is 2.28. The average molecular weight is 291 g/mol. The Bertz CT molecular complexity index is 366. The van der Waals surface area contributed by atoms with Crippen LogP contribution in [0.5, 0.6) is 0 Å². The van der Waals surface area contributed by atoms with Crippen LogP contribution < -0.4 is 11.1 Å². The summed E-state index contributed by atoms with van der Waals surface area (Å²) in [6, 6.07) is 6.85. The van der Waals surface area contributed by atoms with E-state index in [2.05, 4.69) is 19.2 Å². The van der Waals surface area contributed by atoms with Gasteiger partial charge in [0.1, 0.15) is 0 Å². The highest BCUT2D eigenvalue weighted by Crippen LogP contribution is 2.10. The molecule has 1 atom stereocenters. The van der Waals surface area contributed by atoms with Gasteiger partial charge in [0.05, 0.1) is 0 Å². The SMILES string of the molecule is CC(C)CC(CN)NC(=O)c1ccc(Cl)cc1.Cl. The number of hydrogen-bond acceptors (Lipinski definition) is 2. The highest BCUT2D eigenvalue weighted by atomic mass is 35.5. The van der Waals surface area contributed by atoms with Crippen LogP contribution in [-0.4, -0.2) is 18.5 Å². The van der Waals surface area contributed by atoms with Crippen LogP contribution in [-0.2, 0) is 0 Å². The Labute approximate surface area is 119 Å². The van der Waals surface area contributed by atoms with Gasteiger partial charge < -0.3 is 11.1 Å². The van der Waals surface area contributed by atoms with Gasteiger partial charge in [0.15, 0.2) is 0 Å². The Kier molecular flexibility index (Phi) is 8.00. The summed E-state index contributed by atoms with van der Waals surface area (Å²) in [5, 5.41) is 3.55. The second kappa shape index (κ2) is 8.35. The van der Waals surface area contributed by atoms with Crippen molar-refractivity contribution in [3.63, 3.8) is 0 Å². The lowest BCUT2D eigenvalue weighted by atomic mass is 10.0. The smallest absolute Gasteiger partial charge is 0.251 e. The number of carbonyl (C=O) groups excluding carboxylic acids is 1. The lowest BCUT2D eigenvalue weighted by Crippen LogP contribution is -2.41. The number of benzene rings is 1. The number of nitrogens with one attached hydrogen (secondary N) is 1. The molecule has 0 heterocycles. The molecule has 0 aliphatic rings. The summed E-state index contributed by atoms with van der Waals surface area (Å²) < 4.78 is 0. The molecule has 0 fully saturated rings. The van der Waals surface area contributed by atoms with Crippen LogP contribution in [0.1, 0.15) is 30.6 Å². The molecule has 1 rings (SSSR count). The van der Waals surface area contributed by atoms with Gasteiger partial charge in [0.2, 0.25) is 0 Å². The first-order chi connectivity index (χ1) is 8.02. The number of hydrogen-bond donors (Lipinski definition) is 2. The number of amides is 1. The van der Waals surface area contributed by atoms with Crippen molar-refractivity contribution >= 4 is 29.9 Å². The maximum Gasteiger partial charge on any atom is 0.251 e. The molecule has 5 heteroatoms. The molecule has 0 radical (unpaired) electrons. The van der Waals surface area contributed by atoms with Crippen LogP contribution >= 0.6 is 24.0 Å². The summed E-state index contributed by atoms with van der Waals surface area (Å²) in [6.45, 7) is 4.67. The zero-order chi connectivity index (χ0) is 12.8. The highest BCUT2D eigenvalue weighted by Gasteiger charge is 2.13. The number of carbonyl (C=O) groups is 1. The number of nitrogens with two attached hydrogens (primary N) is 1. The Balaban J connectivity index is 0.00000289. The third kappa shape index (κ3) is 5.71. The molecule has 0 bridgehead atoms. The zero-order valence-electron chi connectivity index (χ0n) is 10.7. The third-order valence-corrected chi connectivity index (χ3v) is 2.73. The molecule has 0 aliphatic carbocycles. The quantitative estimate of drug-likeness (QED) is 0.876. The Hall–Kier alpha value is -0.770. The molecule has 3 nitrogen and oxygen atoms in total. The largest absolute Gasteiger partial charge is 0.348 e. The zero-order valence-corrected chi connectivity index (χ0v) is 12.2. The highest BCUT2D eigenvalue weighted by molar-refractivity contribution is 6.30. The van der Waals surface area contributed by atoms with E-state index in [4.69, 9.17) is 17.3 Å². The van der Waals surface area contributed by atoms with Crippen molar-refractivity contribution in [1.82, 2.24) is 5.32 Å². The van der Waals surface area contributed by atoms with E-state index in [9.17, 15) is 4.79 Å². The summed E-state index contributed by atoms with van der Waals surface area (Å²) in [5.74, 6) is 0.409. The number of halogens is 2. The minimum Gasteiger partial charge on any atom is -0.348 e. The molecule has 1 amide bonds. The summed E-state index contributed by atoms with van der Waals surface area (Å²) in [5.41, 5.74) is 6.24. The van der Waals surface area contributed by atoms with Crippen LogP contribution in [0.2, 0.25) is 5.02 Å². The fourth-order valence-corrected chi connectivity index (χ4v) is 1.78. The molecule has 102 valence electrons. The first-order valence-corrected chi connectivity index (χ1v) is 6.17. The summed E-state index contributed by atoms with van der Waals surface area (Å²) in [6.07, 6.45) is 0.885. The van der Waals surface area contributed by atoms with Crippen LogP contribution in [0.15, 0.2) is 24.3 Å². The van der Waals surface area contributed by atoms with Gasteiger partial charge in [-0.1, -0.05) is 25.4 Å². The lowest BCUT2D eigenvalue weighted by molar-refractivity contribution is 0.0934. The number of rotatable bonds is 5. The standard InChI is InChI=1S/C13H19ClN2O.ClH/c1-9(2)7-12(8-15)16-13(17)10-3-5-11(14)6-4-10;/h3-6,9,12H,7-8,15H2,1-2H3,(H,16,17);1H. The minimum atomic E-state index is -0.0993. The summed E-state index contributed by atoms with van der Waals surface area (Å²) in [7, 11) is 0. The van der Waals surface area contributed by atoms with Crippen molar-refractivity contribution in [3.8, 4) is 0 Å². The molecule has 0 aliphatic heterocycles. The van der Waals surface area contributed by atoms with E-state index >= 15 is 0 Å². The van der Waals surface area contributed by atoms with Crippen molar-refractivity contribution in [2.45, 2.75) is 26.3 Å². The summed E-state index contributed by atoms with van der Waals surface area (Å²) in [4.78, 5) is 11.9. The predicted molar refractivity (Wildman–Crippen MR) is 78.5 cm³/mol. The van der Waals surface area contributed by atoms with Gasteiger partial charge in [-0.25, -0.2) is 0 Å². The van der Waals surface area contributed by atoms with E-state index in [1.807, 2.05) is 0 Å². The molecule has 3 N–H and O–H groups in total. The molecule has 0 aromatic heterocycles. The van der Waals surface area contributed by atoms with E-state index in [1.54, 1.807) is 24.3 Å². The van der Waals surface area contributed by atoms with Crippen LogP contribution in [0.3, 0.4) is 0 Å². The van der Waals surface area contributed by atoms with Gasteiger partial charge in [-0.15, -0.1) is 12.4 Å². The first-order valence-electron chi connectivity index (χ1n) is 5.79. The topological polar surface area (TPSA) is 55.1 Å². The van der Waals surface area contributed by atoms with Crippen LogP contribution in [0.4, 0.5) is 0 Å². The van der Waals surface area contributed by atoms with Gasteiger partial charge >= 0.3 is 0 Å². The molecule has 1 aromatic rings. The van der Waals surface area contributed by atoms with Crippen molar-refractivity contribution in [3.05, 3.63) is 34.9 Å². The predicted octanol–water partition coefficient (Wildman–Crippen LogP) is 2.87. The molecule has 0 spiro atoms. The van der Waals surface area contributed by atoms with Crippen molar-refractivity contribution in [2.75, 3.05) is 6.54 Å². The Morgan fingerprint density at radius 2 is 1.89 bits per heavy atom. The maximum atomic E-state index is 11.9. The molecule has 0 saturated carbocycles. The van der Waals surface area contributed by atoms with Gasteiger partial charge in [-0.3, -0.25) is 4.79 Å². The van der Waals surface area contributed by atoms with Gasteiger partial charge in [-0.2, -0.15) is 0 Å². The molecular formula is C13H20Cl2N2O. The fourth-order valence-electron chi connectivity index (χ4n) is 1.65. The van der Waals surface area contributed by atoms with E-state index in [0.29, 0.717) is 23.0 Å². The maximum absolute atomic E-state index is 11.9. The van der Waals surface area contributed by atoms with Crippen LogP contribution in [0.25, 0.3) is 0 Å². The molecule has 18 heavy (non-hydrogen) atoms. The van der Waals surface area contributed by atoms with Gasteiger partial charge in [0, 0.05) is 23.2 Å². The van der Waals surface area contributed by atoms with Gasteiger partial charge in [0.25, 0.3) is 5.91 Å². The van der Waals surface area contributed by atoms with E-state index in [-0.39, 0.29) is 24.4 Å². The summed E-state index contributed by atoms with van der Waals surface area (Å²) >= 11 is 5.77. The fraction of sp³-hybridized carbons (Fsp3) is 0.462. The normalized spacial score (nSPS) is 11.8. The monoisotopic (exact) mass is 290 g/mol. The minimum absolute atomic E-state index is 0. The van der Waals surface area contributed by atoms with Crippen molar-refractivity contribution in [1.29, 1.82) is 0 Å². The van der Waals surface area contributed by atoms with E-state index in [0.717, 1.165) is 6.42 Å². The van der Waals surface area contributed by atoms with Crippen molar-refractivity contribution in [2.24, 2.45) is 11.7 Å². The second-order valence-corrected chi connectivity index (χ2v) is 4.98. The molecule has 0 saturated heterocycles. The molecule has 1 unspecified atom stereocenters. The molecule has 1 aromatic carbocycles. The van der Waals surface area contributed by atoms with Crippen LogP contribution in [0, 0.1) is 5.92 Å². The van der Waals surface area contributed by atoms with E-state index < -0.39 is 0 Å². The van der Waals surface area contributed by atoms with Crippen molar-refractivity contribution < 1.29 is 4.79 Å². The second-order valence-electron chi connectivity index (χ2n) is 4.54. The van der Waals surface area contributed by atoms with Gasteiger partial charge in [-0.05, 0) is 36.6 Å². The third-order valence-electron chi connectivity index (χ3n) is 2.48.